The number of ketones is 1. The maximum absolute atomic E-state index is 13.1. The zero-order valence-corrected chi connectivity index (χ0v) is 16.8. The number of carbonyl (C=O) groups is 2. The fourth-order valence-corrected chi connectivity index (χ4v) is 4.30. The average molecular weight is 414 g/mol. The summed E-state index contributed by atoms with van der Waals surface area (Å²) in [6.45, 7) is 4.35. The molecule has 1 aliphatic rings. The number of benzene rings is 2. The summed E-state index contributed by atoms with van der Waals surface area (Å²) >= 11 is 3.45. The Morgan fingerprint density at radius 3 is 2.38 bits per heavy atom. The van der Waals surface area contributed by atoms with Gasteiger partial charge in [-0.15, -0.1) is 0 Å². The number of hydrogen-bond donors (Lipinski definition) is 0. The molecule has 2 atom stereocenters. The van der Waals surface area contributed by atoms with E-state index in [1.165, 1.54) is 0 Å². The van der Waals surface area contributed by atoms with Gasteiger partial charge in [0.05, 0.1) is 6.04 Å². The molecule has 0 N–H and O–H groups in total. The van der Waals surface area contributed by atoms with E-state index in [0.29, 0.717) is 19.4 Å². The van der Waals surface area contributed by atoms with Crippen LogP contribution in [0.2, 0.25) is 0 Å². The molecule has 0 saturated carbocycles. The zero-order chi connectivity index (χ0) is 18.7. The van der Waals surface area contributed by atoms with Gasteiger partial charge in [-0.25, -0.2) is 0 Å². The molecule has 2 aromatic rings. The molecule has 1 heterocycles. The van der Waals surface area contributed by atoms with Crippen LogP contribution in [0.4, 0.5) is 0 Å². The van der Waals surface area contributed by atoms with Gasteiger partial charge in [-0.3, -0.25) is 9.59 Å². The van der Waals surface area contributed by atoms with Crippen molar-refractivity contribution in [3.8, 4) is 0 Å². The Kier molecular flexibility index (Phi) is 5.61. The monoisotopic (exact) mass is 413 g/mol. The molecule has 3 rings (SSSR count). The van der Waals surface area contributed by atoms with Gasteiger partial charge in [0.25, 0.3) is 0 Å². The first kappa shape index (κ1) is 18.8. The Morgan fingerprint density at radius 1 is 1.15 bits per heavy atom. The van der Waals surface area contributed by atoms with E-state index < -0.39 is 0 Å². The molecule has 0 spiro atoms. The Morgan fingerprint density at radius 2 is 1.81 bits per heavy atom. The number of rotatable bonds is 5. The highest BCUT2D eigenvalue weighted by atomic mass is 79.9. The van der Waals surface area contributed by atoms with Crippen molar-refractivity contribution in [3.05, 3.63) is 70.2 Å². The molecule has 26 heavy (non-hydrogen) atoms. The summed E-state index contributed by atoms with van der Waals surface area (Å²) in [6.07, 6.45) is 1.62. The number of hydrogen-bond acceptors (Lipinski definition) is 2. The fourth-order valence-electron chi connectivity index (χ4n) is 4.04. The lowest BCUT2D eigenvalue weighted by Gasteiger charge is -2.43. The smallest absolute Gasteiger partial charge is 0.223 e. The highest BCUT2D eigenvalue weighted by Crippen LogP contribution is 2.41. The van der Waals surface area contributed by atoms with Gasteiger partial charge in [0.2, 0.25) is 5.91 Å². The number of halogens is 1. The summed E-state index contributed by atoms with van der Waals surface area (Å²) in [5.41, 5.74) is 1.85. The van der Waals surface area contributed by atoms with Gasteiger partial charge >= 0.3 is 0 Å². The highest BCUT2D eigenvalue weighted by molar-refractivity contribution is 9.10. The Balaban J connectivity index is 1.84. The normalized spacial score (nSPS) is 21.5. The molecule has 136 valence electrons. The molecule has 0 unspecified atom stereocenters. The highest BCUT2D eigenvalue weighted by Gasteiger charge is 2.42. The first-order chi connectivity index (χ1) is 12.4. The minimum Gasteiger partial charge on any atom is -0.336 e. The minimum absolute atomic E-state index is 0.0294. The summed E-state index contributed by atoms with van der Waals surface area (Å²) in [5.74, 6) is 0.257. The second-order valence-corrected chi connectivity index (χ2v) is 8.18. The average Bonchev–Trinajstić information content (AvgIpc) is 2.62. The molecule has 0 aromatic heterocycles. The van der Waals surface area contributed by atoms with Crippen molar-refractivity contribution in [2.75, 3.05) is 6.54 Å². The Labute approximate surface area is 163 Å². The van der Waals surface area contributed by atoms with Crippen LogP contribution in [0.15, 0.2) is 59.1 Å². The fraction of sp³-hybridized carbons (Fsp3) is 0.364. The summed E-state index contributed by atoms with van der Waals surface area (Å²) in [7, 11) is 0. The summed E-state index contributed by atoms with van der Waals surface area (Å²) < 4.78 is 1.03. The largest absolute Gasteiger partial charge is 0.336 e. The van der Waals surface area contributed by atoms with Crippen molar-refractivity contribution in [1.29, 1.82) is 0 Å². The summed E-state index contributed by atoms with van der Waals surface area (Å²) in [4.78, 5) is 26.9. The van der Waals surface area contributed by atoms with Crippen LogP contribution in [0.1, 0.15) is 50.3 Å². The van der Waals surface area contributed by atoms with Crippen LogP contribution in [0.5, 0.6) is 0 Å². The summed E-state index contributed by atoms with van der Waals surface area (Å²) in [5, 5.41) is 0. The predicted octanol–water partition coefficient (Wildman–Crippen LogP) is 5.05. The first-order valence-electron chi connectivity index (χ1n) is 9.01. The number of amides is 1. The standard InChI is InChI=1S/C22H24BrNO2/c1-16(25)14-22(19-6-4-3-5-7-19)12-13-24(21(26)15-22)17(2)18-8-10-20(23)11-9-18/h3-11,17H,12-15H2,1-2H3/t17-,22+/m1/s1. The third kappa shape index (κ3) is 3.90. The molecule has 1 fully saturated rings. The lowest BCUT2D eigenvalue weighted by Crippen LogP contribution is -2.47. The second-order valence-electron chi connectivity index (χ2n) is 7.27. The number of likely N-dealkylation sites (tertiary alicyclic amines) is 1. The van der Waals surface area contributed by atoms with Crippen molar-refractivity contribution in [2.24, 2.45) is 0 Å². The van der Waals surface area contributed by atoms with Gasteiger partial charge in [-0.05, 0) is 43.5 Å². The van der Waals surface area contributed by atoms with Gasteiger partial charge in [0.15, 0.2) is 0 Å². The van der Waals surface area contributed by atoms with Crippen LogP contribution in [-0.2, 0) is 15.0 Å². The van der Waals surface area contributed by atoms with Crippen LogP contribution < -0.4 is 0 Å². The van der Waals surface area contributed by atoms with Gasteiger partial charge < -0.3 is 4.90 Å². The number of piperidine rings is 1. The van der Waals surface area contributed by atoms with Gasteiger partial charge in [0, 0.05) is 29.3 Å². The maximum atomic E-state index is 13.1. The van der Waals surface area contributed by atoms with Crippen LogP contribution in [0.25, 0.3) is 0 Å². The van der Waals surface area contributed by atoms with E-state index >= 15 is 0 Å². The van der Waals surface area contributed by atoms with Crippen molar-refractivity contribution in [2.45, 2.75) is 44.6 Å². The van der Waals surface area contributed by atoms with E-state index in [2.05, 4.69) is 35.0 Å². The molecule has 4 heteroatoms. The quantitative estimate of drug-likeness (QED) is 0.687. The molecule has 0 radical (unpaired) electrons. The van der Waals surface area contributed by atoms with Crippen LogP contribution >= 0.6 is 15.9 Å². The van der Waals surface area contributed by atoms with Crippen LogP contribution in [0.3, 0.4) is 0 Å². The van der Waals surface area contributed by atoms with Crippen molar-refractivity contribution < 1.29 is 9.59 Å². The third-order valence-electron chi connectivity index (χ3n) is 5.43. The van der Waals surface area contributed by atoms with E-state index in [-0.39, 0.29) is 23.1 Å². The molecule has 2 aromatic carbocycles. The van der Waals surface area contributed by atoms with E-state index in [0.717, 1.165) is 22.0 Å². The van der Waals surface area contributed by atoms with Crippen LogP contribution in [0, 0.1) is 0 Å². The molecule has 0 aliphatic carbocycles. The molecular formula is C22H24BrNO2. The zero-order valence-electron chi connectivity index (χ0n) is 15.2. The number of nitrogens with zero attached hydrogens (tertiary/aromatic N) is 1. The summed E-state index contributed by atoms with van der Waals surface area (Å²) in [6, 6.07) is 18.2. The van der Waals surface area contributed by atoms with E-state index in [9.17, 15) is 9.59 Å². The van der Waals surface area contributed by atoms with Crippen molar-refractivity contribution in [3.63, 3.8) is 0 Å². The molecule has 0 bridgehead atoms. The van der Waals surface area contributed by atoms with E-state index in [1.807, 2.05) is 47.4 Å². The molecule has 3 nitrogen and oxygen atoms in total. The van der Waals surface area contributed by atoms with Gasteiger partial charge in [-0.1, -0.05) is 58.4 Å². The molecule has 1 aliphatic heterocycles. The maximum Gasteiger partial charge on any atom is 0.223 e. The van der Waals surface area contributed by atoms with E-state index in [4.69, 9.17) is 0 Å². The number of carbonyl (C=O) groups excluding carboxylic acids is 2. The predicted molar refractivity (Wildman–Crippen MR) is 107 cm³/mol. The van der Waals surface area contributed by atoms with E-state index in [1.54, 1.807) is 6.92 Å². The number of Topliss-reactive ketones (excluding diaryl/α,β-unsaturated/α-hetero) is 1. The molecular weight excluding hydrogens is 390 g/mol. The Hall–Kier alpha value is -1.94. The van der Waals surface area contributed by atoms with Crippen molar-refractivity contribution >= 4 is 27.6 Å². The second kappa shape index (κ2) is 7.75. The third-order valence-corrected chi connectivity index (χ3v) is 5.96. The Bertz CT molecular complexity index is 788. The van der Waals surface area contributed by atoms with Crippen LogP contribution in [-0.4, -0.2) is 23.1 Å². The van der Waals surface area contributed by atoms with Gasteiger partial charge in [0.1, 0.15) is 5.78 Å². The van der Waals surface area contributed by atoms with Gasteiger partial charge in [-0.2, -0.15) is 0 Å². The molecule has 1 saturated heterocycles. The minimum atomic E-state index is -0.375. The molecule has 1 amide bonds. The first-order valence-corrected chi connectivity index (χ1v) is 9.80. The topological polar surface area (TPSA) is 37.4 Å². The lowest BCUT2D eigenvalue weighted by atomic mass is 9.69. The SMILES string of the molecule is CC(=O)C[C@@]1(c2ccccc2)CCN([C@H](C)c2ccc(Br)cc2)C(=O)C1. The lowest BCUT2D eigenvalue weighted by molar-refractivity contribution is -0.139. The van der Waals surface area contributed by atoms with Crippen molar-refractivity contribution in [1.82, 2.24) is 4.90 Å².